The van der Waals surface area contributed by atoms with Crippen LogP contribution in [0, 0.1) is 17.1 Å². The number of ether oxygens (including phenoxy) is 1. The molecule has 2 N–H and O–H groups in total. The number of nitrogens with one attached hydrogen (secondary N) is 2. The highest BCUT2D eigenvalue weighted by atomic mass is 19.1. The molecule has 0 aliphatic heterocycles. The fourth-order valence-electron chi connectivity index (χ4n) is 1.37. The molecule has 96 valence electrons. The standard InChI is InChI=1S/C11H9FN6O/c1-19-10-3-2-8(12)4-9(10)14-6-7(5-13)11-15-17-18-16-11/h2-4,6,14H,1H3,(H,15,16,17,18). The lowest BCUT2D eigenvalue weighted by Crippen LogP contribution is -1.96. The molecule has 1 aromatic heterocycles. The Hall–Kier alpha value is -2.95. The predicted octanol–water partition coefficient (Wildman–Crippen LogP) is 1.32. The summed E-state index contributed by atoms with van der Waals surface area (Å²) in [6.07, 6.45) is 1.35. The molecule has 2 aromatic rings. The summed E-state index contributed by atoms with van der Waals surface area (Å²) >= 11 is 0. The molecule has 0 amide bonds. The van der Waals surface area contributed by atoms with Gasteiger partial charge in [-0.05, 0) is 17.3 Å². The number of aromatic nitrogens is 4. The lowest BCUT2D eigenvalue weighted by atomic mass is 10.2. The van der Waals surface area contributed by atoms with E-state index in [2.05, 4.69) is 25.9 Å². The molecule has 0 atom stereocenters. The highest BCUT2D eigenvalue weighted by Gasteiger charge is 2.07. The molecule has 2 rings (SSSR count). The summed E-state index contributed by atoms with van der Waals surface area (Å²) in [7, 11) is 1.46. The largest absolute Gasteiger partial charge is 0.495 e. The lowest BCUT2D eigenvalue weighted by Gasteiger charge is -2.07. The summed E-state index contributed by atoms with van der Waals surface area (Å²) < 4.78 is 18.2. The molecule has 1 heterocycles. The molecule has 8 heteroatoms. The molecule has 0 aliphatic carbocycles. The molecule has 0 saturated carbocycles. The minimum Gasteiger partial charge on any atom is -0.495 e. The monoisotopic (exact) mass is 260 g/mol. The highest BCUT2D eigenvalue weighted by Crippen LogP contribution is 2.25. The Balaban J connectivity index is 2.26. The minimum absolute atomic E-state index is 0.144. The molecule has 0 fully saturated rings. The number of hydrogen-bond acceptors (Lipinski definition) is 6. The van der Waals surface area contributed by atoms with Gasteiger partial charge in [-0.1, -0.05) is 0 Å². The Bertz CT molecular complexity index is 631. The summed E-state index contributed by atoms with van der Waals surface area (Å²) in [4.78, 5) is 0. The number of rotatable bonds is 4. The third-order valence-electron chi connectivity index (χ3n) is 2.24. The summed E-state index contributed by atoms with van der Waals surface area (Å²) in [6.45, 7) is 0. The summed E-state index contributed by atoms with van der Waals surface area (Å²) in [6, 6.07) is 5.91. The van der Waals surface area contributed by atoms with Crippen molar-refractivity contribution in [1.29, 1.82) is 5.26 Å². The van der Waals surface area contributed by atoms with Crippen LogP contribution in [0.4, 0.5) is 10.1 Å². The second-order valence-corrected chi connectivity index (χ2v) is 3.39. The first-order valence-corrected chi connectivity index (χ1v) is 5.18. The SMILES string of the molecule is COc1ccc(F)cc1NC=C(C#N)c1nn[nH]n1. The van der Waals surface area contributed by atoms with Crippen molar-refractivity contribution in [2.45, 2.75) is 0 Å². The molecule has 19 heavy (non-hydrogen) atoms. The van der Waals surface area contributed by atoms with E-state index < -0.39 is 5.82 Å². The van der Waals surface area contributed by atoms with Crippen LogP contribution in [0.25, 0.3) is 5.57 Å². The first kappa shape index (κ1) is 12.5. The van der Waals surface area contributed by atoms with E-state index >= 15 is 0 Å². The quantitative estimate of drug-likeness (QED) is 0.804. The van der Waals surface area contributed by atoms with Crippen molar-refractivity contribution < 1.29 is 9.13 Å². The van der Waals surface area contributed by atoms with Gasteiger partial charge in [0.25, 0.3) is 0 Å². The van der Waals surface area contributed by atoms with E-state index in [1.165, 1.54) is 31.5 Å². The van der Waals surface area contributed by atoms with Crippen molar-refractivity contribution in [3.63, 3.8) is 0 Å². The minimum atomic E-state index is -0.422. The number of halogens is 1. The van der Waals surface area contributed by atoms with Gasteiger partial charge >= 0.3 is 0 Å². The second kappa shape index (κ2) is 5.59. The third-order valence-corrected chi connectivity index (χ3v) is 2.24. The Labute approximate surface area is 107 Å². The smallest absolute Gasteiger partial charge is 0.216 e. The van der Waals surface area contributed by atoms with E-state index in [0.717, 1.165) is 0 Å². The molecular weight excluding hydrogens is 251 g/mol. The Morgan fingerprint density at radius 3 is 3.05 bits per heavy atom. The number of anilines is 1. The second-order valence-electron chi connectivity index (χ2n) is 3.39. The molecule has 7 nitrogen and oxygen atoms in total. The molecule has 0 bridgehead atoms. The number of methoxy groups -OCH3 is 1. The number of benzene rings is 1. The maximum atomic E-state index is 13.1. The van der Waals surface area contributed by atoms with Gasteiger partial charge in [-0.3, -0.25) is 0 Å². The van der Waals surface area contributed by atoms with Crippen LogP contribution < -0.4 is 10.1 Å². The van der Waals surface area contributed by atoms with Crippen molar-refractivity contribution in [2.24, 2.45) is 0 Å². The average molecular weight is 260 g/mol. The van der Waals surface area contributed by atoms with Crippen LogP contribution in [0.2, 0.25) is 0 Å². The van der Waals surface area contributed by atoms with Crippen molar-refractivity contribution in [1.82, 2.24) is 20.6 Å². The van der Waals surface area contributed by atoms with Gasteiger partial charge in [0.2, 0.25) is 5.82 Å². The fraction of sp³-hybridized carbons (Fsp3) is 0.0909. The van der Waals surface area contributed by atoms with Crippen LogP contribution in [0.5, 0.6) is 5.75 Å². The lowest BCUT2D eigenvalue weighted by molar-refractivity contribution is 0.416. The Morgan fingerprint density at radius 2 is 2.42 bits per heavy atom. The normalized spacial score (nSPS) is 10.9. The van der Waals surface area contributed by atoms with E-state index in [1.54, 1.807) is 0 Å². The number of nitrogens with zero attached hydrogens (tertiary/aromatic N) is 4. The van der Waals surface area contributed by atoms with Crippen LogP contribution in [0.15, 0.2) is 24.4 Å². The first-order chi connectivity index (χ1) is 9.24. The van der Waals surface area contributed by atoms with Gasteiger partial charge in [-0.25, -0.2) is 4.39 Å². The molecule has 1 aromatic carbocycles. The van der Waals surface area contributed by atoms with Crippen molar-refractivity contribution >= 4 is 11.3 Å². The molecule has 0 radical (unpaired) electrons. The van der Waals surface area contributed by atoms with Crippen LogP contribution in [0.1, 0.15) is 5.82 Å². The van der Waals surface area contributed by atoms with E-state index in [9.17, 15) is 4.39 Å². The van der Waals surface area contributed by atoms with Crippen molar-refractivity contribution in [3.05, 3.63) is 36.0 Å². The van der Waals surface area contributed by atoms with Crippen molar-refractivity contribution in [3.8, 4) is 11.8 Å². The van der Waals surface area contributed by atoms with Gasteiger partial charge in [0.05, 0.1) is 12.8 Å². The topological polar surface area (TPSA) is 99.5 Å². The van der Waals surface area contributed by atoms with E-state index in [-0.39, 0.29) is 11.4 Å². The number of aromatic amines is 1. The summed E-state index contributed by atoms with van der Waals surface area (Å²) in [5.74, 6) is 0.170. The van der Waals surface area contributed by atoms with Gasteiger partial charge in [-0.2, -0.15) is 10.5 Å². The summed E-state index contributed by atoms with van der Waals surface area (Å²) in [5.41, 5.74) is 0.541. The number of hydrogen-bond donors (Lipinski definition) is 2. The zero-order chi connectivity index (χ0) is 13.7. The van der Waals surface area contributed by atoms with Crippen LogP contribution >= 0.6 is 0 Å². The average Bonchev–Trinajstić information content (AvgIpc) is 2.94. The number of allylic oxidation sites excluding steroid dienone is 1. The van der Waals surface area contributed by atoms with Gasteiger partial charge < -0.3 is 10.1 Å². The number of H-pyrrole nitrogens is 1. The zero-order valence-electron chi connectivity index (χ0n) is 9.88. The maximum absolute atomic E-state index is 13.1. The Morgan fingerprint density at radius 1 is 1.58 bits per heavy atom. The molecule has 0 unspecified atom stereocenters. The predicted molar refractivity (Wildman–Crippen MR) is 64.3 cm³/mol. The summed E-state index contributed by atoms with van der Waals surface area (Å²) in [5, 5.41) is 24.7. The highest BCUT2D eigenvalue weighted by molar-refractivity contribution is 5.74. The fourth-order valence-corrected chi connectivity index (χ4v) is 1.37. The number of nitriles is 1. The van der Waals surface area contributed by atoms with Gasteiger partial charge in [0.15, 0.2) is 0 Å². The molecule has 0 aliphatic rings. The van der Waals surface area contributed by atoms with Gasteiger partial charge in [0.1, 0.15) is 23.2 Å². The number of tetrazole rings is 1. The van der Waals surface area contributed by atoms with Crippen LogP contribution in [-0.4, -0.2) is 27.7 Å². The Kier molecular flexibility index (Phi) is 3.68. The van der Waals surface area contributed by atoms with Gasteiger partial charge in [0, 0.05) is 12.3 Å². The molecule has 0 spiro atoms. The van der Waals surface area contributed by atoms with E-state index in [4.69, 9.17) is 10.00 Å². The van der Waals surface area contributed by atoms with Crippen LogP contribution in [0.3, 0.4) is 0 Å². The van der Waals surface area contributed by atoms with E-state index in [1.807, 2.05) is 6.07 Å². The molecular formula is C11H9FN6O. The first-order valence-electron chi connectivity index (χ1n) is 5.18. The maximum Gasteiger partial charge on any atom is 0.216 e. The third kappa shape index (κ3) is 2.84. The molecule has 0 saturated heterocycles. The van der Waals surface area contributed by atoms with E-state index in [0.29, 0.717) is 11.4 Å². The zero-order valence-corrected chi connectivity index (χ0v) is 9.88. The van der Waals surface area contributed by atoms with Crippen molar-refractivity contribution in [2.75, 3.05) is 12.4 Å². The van der Waals surface area contributed by atoms with Crippen LogP contribution in [-0.2, 0) is 0 Å². The van der Waals surface area contributed by atoms with Gasteiger partial charge in [-0.15, -0.1) is 10.2 Å².